The summed E-state index contributed by atoms with van der Waals surface area (Å²) in [4.78, 5) is 23.0. The van der Waals surface area contributed by atoms with Crippen LogP contribution in [0.5, 0.6) is 0 Å². The molecule has 1 unspecified atom stereocenters. The lowest BCUT2D eigenvalue weighted by molar-refractivity contribution is -0.0507. The fourth-order valence-electron chi connectivity index (χ4n) is 6.51. The van der Waals surface area contributed by atoms with Gasteiger partial charge < -0.3 is 19.9 Å². The van der Waals surface area contributed by atoms with Crippen molar-refractivity contribution in [2.45, 2.75) is 103 Å². The van der Waals surface area contributed by atoms with E-state index in [1.54, 1.807) is 15.5 Å². The summed E-state index contributed by atoms with van der Waals surface area (Å²) in [7, 11) is -3.60. The van der Waals surface area contributed by atoms with Crippen LogP contribution in [-0.4, -0.2) is 83.5 Å². The van der Waals surface area contributed by atoms with Crippen molar-refractivity contribution in [2.75, 3.05) is 42.1 Å². The molecule has 1 atom stereocenters. The number of likely N-dealkylation sites (tertiary alicyclic amines) is 1. The van der Waals surface area contributed by atoms with Crippen molar-refractivity contribution in [1.82, 2.24) is 24.8 Å². The summed E-state index contributed by atoms with van der Waals surface area (Å²) in [5.74, 6) is 0.644. The minimum atomic E-state index is -3.60. The number of carbonyl (C=O) groups is 1. The number of piperidine rings is 1. The van der Waals surface area contributed by atoms with E-state index in [0.717, 1.165) is 67.8 Å². The third-order valence-corrected chi connectivity index (χ3v) is 9.79. The van der Waals surface area contributed by atoms with Crippen molar-refractivity contribution >= 4 is 44.7 Å². The van der Waals surface area contributed by atoms with Crippen LogP contribution in [0.4, 0.5) is 11.5 Å². The van der Waals surface area contributed by atoms with Gasteiger partial charge in [0.15, 0.2) is 5.65 Å². The molecular weight excluding hydrogens is 638 g/mol. The number of fused-ring (bicyclic) bond motifs is 1. The molecule has 2 fully saturated rings. The normalized spacial score (nSPS) is 18.1. The van der Waals surface area contributed by atoms with Crippen LogP contribution in [0.2, 0.25) is 5.02 Å². The van der Waals surface area contributed by atoms with E-state index in [4.69, 9.17) is 26.4 Å². The zero-order valence-corrected chi connectivity index (χ0v) is 30.3. The molecule has 2 saturated heterocycles. The maximum Gasteiger partial charge on any atom is 0.256 e. The molecule has 4 heterocycles. The van der Waals surface area contributed by atoms with Crippen LogP contribution >= 0.6 is 11.6 Å². The first-order chi connectivity index (χ1) is 22.0. The average Bonchev–Trinajstić information content (AvgIpc) is 3.39. The van der Waals surface area contributed by atoms with E-state index in [1.165, 1.54) is 25.0 Å². The molecule has 11 nitrogen and oxygen atoms in total. The van der Waals surface area contributed by atoms with Crippen LogP contribution in [0.15, 0.2) is 30.5 Å². The summed E-state index contributed by atoms with van der Waals surface area (Å²) in [6.07, 6.45) is 8.98. The summed E-state index contributed by atoms with van der Waals surface area (Å²) < 4.78 is 34.6. The highest BCUT2D eigenvalue weighted by Crippen LogP contribution is 2.35. The Bertz CT molecular complexity index is 1700. The Morgan fingerprint density at radius 2 is 1.89 bits per heavy atom. The standard InChI is InChI=1S/C34H50ClN7O4S/c1-8-9-15-34(5,6)46-22-33(3,4)37-25-20-40(21-25)31-23(2)19-42-30(36-31)18-28(38-42)29-12-10-11-16-41(29)32(43)26-17-24(35)13-14-27(26)39-47(7,44)45/h13-14,17-19,25,29,37,39H,8-12,15-16,20-22H2,1-7H3. The van der Waals surface area contributed by atoms with Gasteiger partial charge in [-0.15, -0.1) is 0 Å². The topological polar surface area (TPSA) is 121 Å². The third kappa shape index (κ3) is 8.76. The minimum absolute atomic E-state index is 0.128. The average molecular weight is 688 g/mol. The number of rotatable bonds is 13. The van der Waals surface area contributed by atoms with E-state index >= 15 is 0 Å². The maximum atomic E-state index is 13.9. The molecule has 0 saturated carbocycles. The predicted molar refractivity (Wildman–Crippen MR) is 188 cm³/mol. The molecule has 0 aliphatic carbocycles. The Balaban J connectivity index is 1.28. The second-order valence-electron chi connectivity index (χ2n) is 14.5. The van der Waals surface area contributed by atoms with Gasteiger partial charge in [0.2, 0.25) is 10.0 Å². The van der Waals surface area contributed by atoms with Crippen molar-refractivity contribution in [3.8, 4) is 0 Å². The van der Waals surface area contributed by atoms with E-state index in [2.05, 4.69) is 49.6 Å². The minimum Gasteiger partial charge on any atom is -0.374 e. The number of aromatic nitrogens is 3. The summed E-state index contributed by atoms with van der Waals surface area (Å²) in [6.45, 7) is 15.9. The fraction of sp³-hybridized carbons (Fsp3) is 0.618. The summed E-state index contributed by atoms with van der Waals surface area (Å²) in [5.41, 5.74) is 2.65. The first kappa shape index (κ1) is 35.4. The quantitative estimate of drug-likeness (QED) is 0.226. The van der Waals surface area contributed by atoms with Crippen molar-refractivity contribution in [3.05, 3.63) is 52.3 Å². The van der Waals surface area contributed by atoms with Gasteiger partial charge in [0.05, 0.1) is 41.5 Å². The molecule has 1 amide bonds. The summed E-state index contributed by atoms with van der Waals surface area (Å²) in [5, 5.41) is 9.00. The van der Waals surface area contributed by atoms with Gasteiger partial charge in [0.25, 0.3) is 5.91 Å². The van der Waals surface area contributed by atoms with E-state index in [9.17, 15) is 13.2 Å². The smallest absolute Gasteiger partial charge is 0.256 e. The summed E-state index contributed by atoms with van der Waals surface area (Å²) >= 11 is 6.25. The van der Waals surface area contributed by atoms with Gasteiger partial charge in [0.1, 0.15) is 5.82 Å². The van der Waals surface area contributed by atoms with Crippen LogP contribution in [0.1, 0.15) is 101 Å². The van der Waals surface area contributed by atoms with Gasteiger partial charge in [-0.2, -0.15) is 5.10 Å². The molecule has 0 radical (unpaired) electrons. The number of amides is 1. The Morgan fingerprint density at radius 3 is 2.60 bits per heavy atom. The molecule has 258 valence electrons. The number of nitrogens with one attached hydrogen (secondary N) is 2. The Kier molecular flexibility index (Phi) is 10.5. The number of nitrogens with zero attached hydrogens (tertiary/aromatic N) is 5. The van der Waals surface area contributed by atoms with Crippen LogP contribution in [0, 0.1) is 6.92 Å². The lowest BCUT2D eigenvalue weighted by atomic mass is 9.98. The Labute approximate surface area is 284 Å². The molecule has 1 aromatic carbocycles. The molecule has 3 aromatic rings. The lowest BCUT2D eigenvalue weighted by Gasteiger charge is -2.45. The zero-order valence-electron chi connectivity index (χ0n) is 28.8. The number of halogens is 1. The molecule has 2 aliphatic heterocycles. The second kappa shape index (κ2) is 13.9. The Morgan fingerprint density at radius 1 is 1.15 bits per heavy atom. The summed E-state index contributed by atoms with van der Waals surface area (Å²) in [6, 6.07) is 6.62. The maximum absolute atomic E-state index is 13.9. The number of sulfonamides is 1. The van der Waals surface area contributed by atoms with Gasteiger partial charge >= 0.3 is 0 Å². The number of hydrogen-bond donors (Lipinski definition) is 2. The van der Waals surface area contributed by atoms with Crippen molar-refractivity contribution in [3.63, 3.8) is 0 Å². The zero-order chi connectivity index (χ0) is 34.1. The molecular formula is C34H50ClN7O4S. The van der Waals surface area contributed by atoms with Crippen molar-refractivity contribution < 1.29 is 17.9 Å². The predicted octanol–water partition coefficient (Wildman–Crippen LogP) is 5.97. The highest BCUT2D eigenvalue weighted by molar-refractivity contribution is 7.92. The molecule has 13 heteroatoms. The molecule has 2 N–H and O–H groups in total. The highest BCUT2D eigenvalue weighted by atomic mass is 35.5. The van der Waals surface area contributed by atoms with E-state index < -0.39 is 10.0 Å². The van der Waals surface area contributed by atoms with Gasteiger partial charge in [-0.3, -0.25) is 9.52 Å². The number of hydrogen-bond acceptors (Lipinski definition) is 8. The fourth-order valence-corrected chi connectivity index (χ4v) is 7.26. The molecule has 2 aromatic heterocycles. The number of ether oxygens (including phenoxy) is 1. The molecule has 5 rings (SSSR count). The molecule has 0 bridgehead atoms. The van der Waals surface area contributed by atoms with Crippen molar-refractivity contribution in [1.29, 1.82) is 0 Å². The number of benzene rings is 1. The van der Waals surface area contributed by atoms with Gasteiger partial charge in [0, 0.05) is 54.1 Å². The number of carbonyl (C=O) groups excluding carboxylic acids is 1. The van der Waals surface area contributed by atoms with Gasteiger partial charge in [-0.25, -0.2) is 17.9 Å². The highest BCUT2D eigenvalue weighted by Gasteiger charge is 2.35. The van der Waals surface area contributed by atoms with E-state index in [1.807, 2.05) is 19.2 Å². The van der Waals surface area contributed by atoms with E-state index in [-0.39, 0.29) is 34.3 Å². The van der Waals surface area contributed by atoms with Crippen LogP contribution in [-0.2, 0) is 14.8 Å². The Hall–Kier alpha value is -2.93. The number of aryl methyl sites for hydroxylation is 1. The SMILES string of the molecule is CCCCC(C)(C)OCC(C)(C)NC1CN(c2nc3cc(C4CCCCN4C(=O)c4cc(Cl)ccc4NS(C)(=O)=O)nn3cc2C)C1. The number of unbranched alkanes of at least 4 members (excludes halogenated alkanes) is 1. The first-order valence-corrected chi connectivity index (χ1v) is 18.9. The van der Waals surface area contributed by atoms with Crippen molar-refractivity contribution in [2.24, 2.45) is 0 Å². The van der Waals surface area contributed by atoms with Crippen LogP contribution < -0.4 is 14.9 Å². The van der Waals surface area contributed by atoms with E-state index in [0.29, 0.717) is 24.2 Å². The molecule has 47 heavy (non-hydrogen) atoms. The largest absolute Gasteiger partial charge is 0.374 e. The van der Waals surface area contributed by atoms with Crippen LogP contribution in [0.25, 0.3) is 5.65 Å². The molecule has 2 aliphatic rings. The monoisotopic (exact) mass is 687 g/mol. The lowest BCUT2D eigenvalue weighted by Crippen LogP contribution is -2.64. The second-order valence-corrected chi connectivity index (χ2v) is 16.7. The third-order valence-electron chi connectivity index (χ3n) is 8.97. The van der Waals surface area contributed by atoms with Crippen LogP contribution in [0.3, 0.4) is 0 Å². The van der Waals surface area contributed by atoms with Gasteiger partial charge in [-0.1, -0.05) is 31.4 Å². The number of anilines is 2. The first-order valence-electron chi connectivity index (χ1n) is 16.7. The molecule has 0 spiro atoms. The van der Waals surface area contributed by atoms with Gasteiger partial charge in [-0.05, 0) is 78.5 Å².